The minimum Gasteiger partial charge on any atom is -0.488 e. The Morgan fingerprint density at radius 3 is 2.14 bits per heavy atom. The van der Waals surface area contributed by atoms with E-state index in [1.807, 2.05) is 0 Å². The lowest BCUT2D eigenvalue weighted by Crippen LogP contribution is -2.49. The minimum absolute atomic E-state index is 0.00356. The Hall–Kier alpha value is -4.54. The molecule has 11 heteroatoms. The van der Waals surface area contributed by atoms with E-state index >= 15 is 8.78 Å². The van der Waals surface area contributed by atoms with Gasteiger partial charge >= 0.3 is 12.5 Å². The number of alkyl halides is 4. The molecule has 0 fully saturated rings. The van der Waals surface area contributed by atoms with E-state index in [9.17, 15) is 26.7 Å². The number of rotatable bonds is 11. The lowest BCUT2D eigenvalue weighted by molar-refractivity contribution is -0.253. The fourth-order valence-corrected chi connectivity index (χ4v) is 4.53. The zero-order valence-electron chi connectivity index (χ0n) is 22.9. The third kappa shape index (κ3) is 7.28. The van der Waals surface area contributed by atoms with Crippen molar-refractivity contribution in [3.8, 4) is 11.5 Å². The van der Waals surface area contributed by atoms with E-state index in [0.717, 1.165) is 24.3 Å². The van der Waals surface area contributed by atoms with Crippen molar-refractivity contribution in [3.63, 3.8) is 0 Å². The Kier molecular flexibility index (Phi) is 9.32. The van der Waals surface area contributed by atoms with Gasteiger partial charge < -0.3 is 14.8 Å². The van der Waals surface area contributed by atoms with Gasteiger partial charge in [0.05, 0.1) is 11.6 Å². The number of amides is 1. The van der Waals surface area contributed by atoms with Gasteiger partial charge in [0.1, 0.15) is 17.4 Å². The van der Waals surface area contributed by atoms with Crippen LogP contribution in [0.15, 0.2) is 91.0 Å². The van der Waals surface area contributed by atoms with Crippen LogP contribution in [0.25, 0.3) is 0 Å². The molecule has 0 aliphatic rings. The van der Waals surface area contributed by atoms with Crippen molar-refractivity contribution in [2.45, 2.75) is 44.4 Å². The van der Waals surface area contributed by atoms with Crippen LogP contribution in [-0.4, -0.2) is 24.5 Å². The van der Waals surface area contributed by atoms with E-state index in [2.05, 4.69) is 10.1 Å². The molecule has 0 spiro atoms. The molecule has 0 aliphatic heterocycles. The van der Waals surface area contributed by atoms with E-state index in [1.165, 1.54) is 42.5 Å². The highest BCUT2D eigenvalue weighted by Gasteiger charge is 2.45. The van der Waals surface area contributed by atoms with Crippen LogP contribution >= 0.6 is 0 Å². The van der Waals surface area contributed by atoms with Crippen molar-refractivity contribution in [1.82, 2.24) is 5.32 Å². The summed E-state index contributed by atoms with van der Waals surface area (Å²) in [4.78, 5) is 13.6. The van der Waals surface area contributed by atoms with Gasteiger partial charge in [-0.25, -0.2) is 13.2 Å². The number of carbonyl (C=O) groups is 1. The van der Waals surface area contributed by atoms with Gasteiger partial charge in [-0.2, -0.15) is 17.6 Å². The van der Waals surface area contributed by atoms with E-state index in [1.54, 1.807) is 32.0 Å². The Morgan fingerprint density at radius 2 is 1.49 bits per heavy atom. The molecule has 0 heterocycles. The Bertz CT molecular complexity index is 1580. The summed E-state index contributed by atoms with van der Waals surface area (Å²) in [6.45, 7) is 3.27. The topological polar surface area (TPSA) is 47.6 Å². The Labute approximate surface area is 243 Å². The van der Waals surface area contributed by atoms with Crippen molar-refractivity contribution < 1.29 is 45.0 Å². The summed E-state index contributed by atoms with van der Waals surface area (Å²) in [7, 11) is 0. The third-order valence-corrected chi connectivity index (χ3v) is 6.44. The molecular formula is C32H26F7NO3. The average Bonchev–Trinajstić information content (AvgIpc) is 2.94. The number of hydrogen-bond donors (Lipinski definition) is 1. The highest BCUT2D eigenvalue weighted by Crippen LogP contribution is 2.40. The Balaban J connectivity index is 2.02. The SMILES string of the molecule is CC(C)Oc1cc([C@@](Cc2ccccc2F)(NC(=O)c2ccccc2)c2cc(F)cc(OC(F)(F)C(F)F)c2)ccc1F. The largest absolute Gasteiger partial charge is 0.488 e. The molecule has 0 aromatic heterocycles. The maximum absolute atomic E-state index is 15.1. The second kappa shape index (κ2) is 12.8. The van der Waals surface area contributed by atoms with Gasteiger partial charge in [-0.05, 0) is 73.0 Å². The lowest BCUT2D eigenvalue weighted by Gasteiger charge is -2.37. The van der Waals surface area contributed by atoms with E-state index in [0.29, 0.717) is 6.07 Å². The first kappa shape index (κ1) is 31.4. The van der Waals surface area contributed by atoms with Gasteiger partial charge in [-0.1, -0.05) is 42.5 Å². The normalized spacial score (nSPS) is 13.1. The van der Waals surface area contributed by atoms with Crippen LogP contribution in [0.1, 0.15) is 40.9 Å². The molecule has 4 nitrogen and oxygen atoms in total. The predicted molar refractivity (Wildman–Crippen MR) is 145 cm³/mol. The molecule has 0 saturated heterocycles. The summed E-state index contributed by atoms with van der Waals surface area (Å²) in [5.74, 6) is -4.71. The molecule has 0 bridgehead atoms. The number of benzene rings is 4. The number of carbonyl (C=O) groups excluding carboxylic acids is 1. The second-order valence-corrected chi connectivity index (χ2v) is 9.95. The van der Waals surface area contributed by atoms with Crippen LogP contribution in [0.5, 0.6) is 11.5 Å². The van der Waals surface area contributed by atoms with Crippen molar-refractivity contribution in [2.24, 2.45) is 0 Å². The molecule has 0 saturated carbocycles. The van der Waals surface area contributed by atoms with Crippen molar-refractivity contribution in [1.29, 1.82) is 0 Å². The van der Waals surface area contributed by atoms with E-state index in [4.69, 9.17) is 4.74 Å². The molecule has 0 aliphatic carbocycles. The number of nitrogens with one attached hydrogen (secondary N) is 1. The average molecular weight is 606 g/mol. The molecule has 4 rings (SSSR count). The van der Waals surface area contributed by atoms with E-state index in [-0.39, 0.29) is 28.0 Å². The van der Waals surface area contributed by atoms with Crippen LogP contribution < -0.4 is 14.8 Å². The predicted octanol–water partition coefficient (Wildman–Crippen LogP) is 8.04. The van der Waals surface area contributed by atoms with Crippen LogP contribution in [-0.2, 0) is 12.0 Å². The second-order valence-electron chi connectivity index (χ2n) is 9.95. The molecule has 4 aromatic rings. The van der Waals surface area contributed by atoms with Gasteiger partial charge in [-0.15, -0.1) is 0 Å². The molecule has 1 atom stereocenters. The van der Waals surface area contributed by atoms with E-state index < -0.39 is 59.7 Å². The molecule has 226 valence electrons. The first-order chi connectivity index (χ1) is 20.3. The third-order valence-electron chi connectivity index (χ3n) is 6.44. The molecule has 43 heavy (non-hydrogen) atoms. The fraction of sp³-hybridized carbons (Fsp3) is 0.219. The van der Waals surface area contributed by atoms with Crippen LogP contribution in [0.2, 0.25) is 0 Å². The summed E-state index contributed by atoms with van der Waals surface area (Å²) in [6, 6.07) is 18.8. The van der Waals surface area contributed by atoms with Crippen LogP contribution in [0.3, 0.4) is 0 Å². The lowest BCUT2D eigenvalue weighted by atomic mass is 9.77. The quantitative estimate of drug-likeness (QED) is 0.176. The molecule has 0 unspecified atom stereocenters. The molecular weight excluding hydrogens is 579 g/mol. The first-order valence-corrected chi connectivity index (χ1v) is 13.0. The fourth-order valence-electron chi connectivity index (χ4n) is 4.53. The summed E-state index contributed by atoms with van der Waals surface area (Å²) in [5, 5.41) is 2.75. The number of ether oxygens (including phenoxy) is 2. The van der Waals surface area contributed by atoms with Crippen molar-refractivity contribution in [2.75, 3.05) is 0 Å². The van der Waals surface area contributed by atoms with Gasteiger partial charge in [-0.3, -0.25) is 4.79 Å². The monoisotopic (exact) mass is 605 g/mol. The molecule has 4 aromatic carbocycles. The van der Waals surface area contributed by atoms with Gasteiger partial charge in [0.25, 0.3) is 5.91 Å². The summed E-state index contributed by atoms with van der Waals surface area (Å²) >= 11 is 0. The van der Waals surface area contributed by atoms with Gasteiger partial charge in [0.2, 0.25) is 0 Å². The highest BCUT2D eigenvalue weighted by atomic mass is 19.3. The van der Waals surface area contributed by atoms with Crippen LogP contribution in [0.4, 0.5) is 30.7 Å². The summed E-state index contributed by atoms with van der Waals surface area (Å²) in [6.07, 6.45) is -10.2. The first-order valence-electron chi connectivity index (χ1n) is 13.0. The van der Waals surface area contributed by atoms with Crippen molar-refractivity contribution in [3.05, 3.63) is 131 Å². The minimum atomic E-state index is -4.99. The zero-order valence-corrected chi connectivity index (χ0v) is 22.9. The van der Waals surface area contributed by atoms with Crippen LogP contribution in [0, 0.1) is 17.5 Å². The summed E-state index contributed by atoms with van der Waals surface area (Å²) < 4.78 is 108. The number of halogens is 7. The standard InChI is InChI=1S/C32H26F7NO3/c1-19(2)42-28-16-22(12-13-27(28)35)31(18-21-10-6-7-11-26(21)34,40-29(41)20-8-4-3-5-9-20)23-14-24(33)17-25(15-23)43-32(38,39)30(36)37/h3-17,19,30H,18H2,1-2H3,(H,40,41)/t31-/m1/s1. The molecule has 0 radical (unpaired) electrons. The summed E-state index contributed by atoms with van der Waals surface area (Å²) in [5.41, 5.74) is -2.15. The number of hydrogen-bond acceptors (Lipinski definition) is 3. The van der Waals surface area contributed by atoms with Crippen molar-refractivity contribution >= 4 is 5.91 Å². The maximum atomic E-state index is 15.1. The molecule has 1 N–H and O–H groups in total. The zero-order chi connectivity index (χ0) is 31.4. The Morgan fingerprint density at radius 1 is 0.814 bits per heavy atom. The van der Waals surface area contributed by atoms with Gasteiger partial charge in [0.15, 0.2) is 11.6 Å². The highest BCUT2D eigenvalue weighted by molar-refractivity contribution is 5.95. The van der Waals surface area contributed by atoms with Gasteiger partial charge in [0, 0.05) is 18.1 Å². The molecule has 1 amide bonds. The maximum Gasteiger partial charge on any atom is 0.461 e. The smallest absolute Gasteiger partial charge is 0.461 e.